The van der Waals surface area contributed by atoms with E-state index in [0.717, 1.165) is 39.2 Å². The number of amides is 2. The second kappa shape index (κ2) is 13.0. The van der Waals surface area contributed by atoms with Gasteiger partial charge in [0.2, 0.25) is 0 Å². The van der Waals surface area contributed by atoms with Crippen molar-refractivity contribution in [2.75, 3.05) is 21.7 Å². The van der Waals surface area contributed by atoms with Crippen LogP contribution >= 0.6 is 0 Å². The molecule has 6 rings (SSSR count). The summed E-state index contributed by atoms with van der Waals surface area (Å²) in [5.74, 6) is -1.24. The van der Waals surface area contributed by atoms with Crippen LogP contribution in [0, 0.1) is 5.92 Å². The lowest BCUT2D eigenvalue weighted by molar-refractivity contribution is -0.118. The molecule has 4 N–H and O–H groups in total. The van der Waals surface area contributed by atoms with Crippen LogP contribution in [-0.4, -0.2) is 71.5 Å². The van der Waals surface area contributed by atoms with Crippen molar-refractivity contribution in [2.45, 2.75) is 40.3 Å². The maximum Gasteiger partial charge on any atom is 0.326 e. The van der Waals surface area contributed by atoms with Crippen LogP contribution in [-0.2, 0) is 43.1 Å². The molecule has 2 aromatic heterocycles. The average molecular weight is 687 g/mol. The number of carbonyl (C=O) groups is 2. The number of nitrogens with one attached hydrogen (secondary N) is 2. The van der Waals surface area contributed by atoms with E-state index in [4.69, 9.17) is 0 Å². The Balaban J connectivity index is 0.000000185. The number of hydrogen-bond donors (Lipinski definition) is 4. The largest absolute Gasteiger partial charge is 0.506 e. The van der Waals surface area contributed by atoms with Gasteiger partial charge in [0, 0.05) is 36.6 Å². The third-order valence-electron chi connectivity index (χ3n) is 7.07. The van der Waals surface area contributed by atoms with Gasteiger partial charge in [-0.15, -0.1) is 0 Å². The van der Waals surface area contributed by atoms with E-state index in [1.807, 2.05) is 33.4 Å². The van der Waals surface area contributed by atoms with Gasteiger partial charge in [0.25, 0.3) is 11.8 Å². The molecule has 2 aliphatic heterocycles. The van der Waals surface area contributed by atoms with Gasteiger partial charge in [-0.3, -0.25) is 19.0 Å². The Labute approximate surface area is 271 Å². The normalized spacial score (nSPS) is 16.6. The van der Waals surface area contributed by atoms with Gasteiger partial charge in [-0.1, -0.05) is 32.9 Å². The summed E-state index contributed by atoms with van der Waals surface area (Å²) in [6.07, 6.45) is 8.05. The van der Waals surface area contributed by atoms with E-state index in [9.17, 15) is 36.6 Å². The molecule has 4 aromatic rings. The van der Waals surface area contributed by atoms with Crippen molar-refractivity contribution in [2.24, 2.45) is 5.92 Å². The number of hydrogen-bond acceptors (Lipinski definition) is 10. The van der Waals surface area contributed by atoms with E-state index in [2.05, 4.69) is 24.0 Å². The smallest absolute Gasteiger partial charge is 0.326 e. The quantitative estimate of drug-likeness (QED) is 0.212. The van der Waals surface area contributed by atoms with Gasteiger partial charge in [0.1, 0.15) is 24.6 Å². The highest BCUT2D eigenvalue weighted by Crippen LogP contribution is 2.35. The van der Waals surface area contributed by atoms with Crippen LogP contribution in [0.4, 0.5) is 11.4 Å². The maximum absolute atomic E-state index is 11.9. The molecule has 250 valence electrons. The number of phenolic OH excluding ortho intramolecular Hbond substituents is 2. The number of carbonyl (C=O) groups excluding carboxylic acids is 2. The topological polar surface area (TPSA) is 209 Å². The van der Waals surface area contributed by atoms with Gasteiger partial charge in [-0.2, -0.15) is 27.0 Å². The highest BCUT2D eigenvalue weighted by molar-refractivity contribution is 7.92. The summed E-state index contributed by atoms with van der Waals surface area (Å²) in [6.45, 7) is 7.12. The lowest BCUT2D eigenvalue weighted by atomic mass is 10.1. The minimum absolute atomic E-state index is 0.0617. The van der Waals surface area contributed by atoms with E-state index in [1.54, 1.807) is 29.2 Å². The molecule has 2 fully saturated rings. The molecule has 0 radical (unpaired) electrons. The second-order valence-electron chi connectivity index (χ2n) is 11.3. The zero-order chi connectivity index (χ0) is 34.1. The fourth-order valence-electron chi connectivity index (χ4n) is 5.00. The highest BCUT2D eigenvalue weighted by Gasteiger charge is 2.36. The van der Waals surface area contributed by atoms with E-state index in [0.29, 0.717) is 17.0 Å². The van der Waals surface area contributed by atoms with Crippen molar-refractivity contribution in [3.05, 3.63) is 61.2 Å². The number of aromatic nitrogens is 4. The van der Waals surface area contributed by atoms with Gasteiger partial charge in [-0.05, 0) is 47.7 Å². The van der Waals surface area contributed by atoms with Gasteiger partial charge >= 0.3 is 20.4 Å². The number of aryl methyl sites for hydroxylation is 1. The Morgan fingerprint density at radius 3 is 1.57 bits per heavy atom. The Morgan fingerprint density at radius 2 is 1.19 bits per heavy atom. The highest BCUT2D eigenvalue weighted by atomic mass is 32.2. The summed E-state index contributed by atoms with van der Waals surface area (Å²) < 4.78 is 56.4. The zero-order valence-electron chi connectivity index (χ0n) is 25.7. The van der Waals surface area contributed by atoms with Crippen LogP contribution < -0.4 is 18.1 Å². The van der Waals surface area contributed by atoms with Crippen LogP contribution in [0.25, 0.3) is 22.3 Å². The summed E-state index contributed by atoms with van der Waals surface area (Å²) >= 11 is 0. The van der Waals surface area contributed by atoms with Crippen LogP contribution in [0.5, 0.6) is 11.5 Å². The molecule has 0 unspecified atom stereocenters. The number of phenols is 2. The summed E-state index contributed by atoms with van der Waals surface area (Å²) in [7, 11) is -7.88. The number of aromatic hydroxyl groups is 2. The van der Waals surface area contributed by atoms with Gasteiger partial charge in [-0.25, -0.2) is 18.1 Å². The molecule has 2 saturated heterocycles. The Bertz CT molecular complexity index is 2040. The number of rotatable bonds is 8. The SMILES string of the molecule is CC(C)Cn1cc(-c2ccc(N3CC(=O)NS3(=O)=O)c(O)c2)cn1.CCCn1cc(-c2ccc(N3CC(=O)NS3(=O)=O)c(O)c2)cn1. The van der Waals surface area contributed by atoms with Crippen molar-refractivity contribution < 1.29 is 36.6 Å². The first-order valence-corrected chi connectivity index (χ1v) is 17.4. The van der Waals surface area contributed by atoms with Crippen molar-refractivity contribution >= 4 is 43.6 Å². The Kier molecular flexibility index (Phi) is 9.17. The number of nitrogens with zero attached hydrogens (tertiary/aromatic N) is 6. The van der Waals surface area contributed by atoms with Crippen LogP contribution in [0.15, 0.2) is 61.2 Å². The lowest BCUT2D eigenvalue weighted by Crippen LogP contribution is -2.29. The molecule has 0 atom stereocenters. The molecule has 4 heterocycles. The minimum atomic E-state index is -3.94. The molecule has 0 spiro atoms. The molecule has 2 aliphatic rings. The third kappa shape index (κ3) is 7.33. The predicted octanol–water partition coefficient (Wildman–Crippen LogP) is 1.94. The lowest BCUT2D eigenvalue weighted by Gasteiger charge is -2.16. The van der Waals surface area contributed by atoms with E-state index in [-0.39, 0.29) is 36.0 Å². The molecule has 2 amide bonds. The standard InChI is InChI=1S/C15H18N4O4S.C14H16N4O4S/c1-10(2)7-18-8-12(6-16-18)11-3-4-13(14(20)5-11)19-9-15(21)17-24(19,22)23;1-2-5-17-8-11(7-15-17)10-3-4-12(13(19)6-10)18-9-14(20)16-23(18,21)22/h3-6,8,10,20H,7,9H2,1-2H3,(H,17,21);3-4,6-8,19H,2,5,9H2,1H3,(H,16,20). The first-order chi connectivity index (χ1) is 22.2. The Morgan fingerprint density at radius 1 is 0.745 bits per heavy atom. The summed E-state index contributed by atoms with van der Waals surface area (Å²) in [4.78, 5) is 22.6. The van der Waals surface area contributed by atoms with Crippen molar-refractivity contribution in [1.29, 1.82) is 0 Å². The summed E-state index contributed by atoms with van der Waals surface area (Å²) in [5, 5.41) is 28.9. The molecular weight excluding hydrogens is 653 g/mol. The monoisotopic (exact) mass is 686 g/mol. The molecule has 16 nitrogen and oxygen atoms in total. The summed E-state index contributed by atoms with van der Waals surface area (Å²) in [6, 6.07) is 9.23. The fraction of sp³-hybridized carbons (Fsp3) is 0.310. The van der Waals surface area contributed by atoms with Gasteiger partial charge in [0.05, 0.1) is 23.8 Å². The first-order valence-electron chi connectivity index (χ1n) is 14.5. The first kappa shape index (κ1) is 33.3. The van der Waals surface area contributed by atoms with Crippen molar-refractivity contribution in [1.82, 2.24) is 29.0 Å². The van der Waals surface area contributed by atoms with Crippen LogP contribution in [0.3, 0.4) is 0 Å². The van der Waals surface area contributed by atoms with E-state index in [1.165, 1.54) is 24.3 Å². The molecule has 0 aliphatic carbocycles. The minimum Gasteiger partial charge on any atom is -0.506 e. The Hall–Kier alpha value is -5.10. The average Bonchev–Trinajstić information content (AvgIpc) is 3.75. The van der Waals surface area contributed by atoms with Crippen LogP contribution in [0.1, 0.15) is 27.2 Å². The van der Waals surface area contributed by atoms with E-state index < -0.39 is 32.2 Å². The molecule has 0 bridgehead atoms. The van der Waals surface area contributed by atoms with Gasteiger partial charge < -0.3 is 10.2 Å². The molecule has 0 saturated carbocycles. The third-order valence-corrected chi connectivity index (χ3v) is 9.85. The molecule has 2 aromatic carbocycles. The maximum atomic E-state index is 11.9. The zero-order valence-corrected chi connectivity index (χ0v) is 27.4. The molecule has 47 heavy (non-hydrogen) atoms. The predicted molar refractivity (Wildman–Crippen MR) is 173 cm³/mol. The molecular formula is C29H34N8O8S2. The van der Waals surface area contributed by atoms with E-state index >= 15 is 0 Å². The van der Waals surface area contributed by atoms with Crippen LogP contribution in [0.2, 0.25) is 0 Å². The second-order valence-corrected chi connectivity index (χ2v) is 14.5. The summed E-state index contributed by atoms with van der Waals surface area (Å²) in [5.41, 5.74) is 3.18. The number of benzene rings is 2. The van der Waals surface area contributed by atoms with Crippen molar-refractivity contribution in [3.63, 3.8) is 0 Å². The molecule has 18 heteroatoms. The van der Waals surface area contributed by atoms with Gasteiger partial charge in [0.15, 0.2) is 0 Å². The fourth-order valence-corrected chi connectivity index (χ4v) is 7.33. The number of anilines is 2. The van der Waals surface area contributed by atoms with Crippen molar-refractivity contribution in [3.8, 4) is 33.8 Å².